The van der Waals surface area contributed by atoms with Crippen LogP contribution in [0.2, 0.25) is 10.0 Å². The number of anilines is 1. The van der Waals surface area contributed by atoms with Gasteiger partial charge in [-0.1, -0.05) is 23.2 Å². The van der Waals surface area contributed by atoms with Crippen molar-refractivity contribution in [1.29, 1.82) is 0 Å². The summed E-state index contributed by atoms with van der Waals surface area (Å²) in [6.07, 6.45) is 2.39. The number of carbonyl (C=O) groups is 1. The second-order valence-electron chi connectivity index (χ2n) is 3.84. The summed E-state index contributed by atoms with van der Waals surface area (Å²) in [7, 11) is 0. The zero-order valence-corrected chi connectivity index (χ0v) is 11.4. The van der Waals surface area contributed by atoms with Crippen LogP contribution in [0.5, 0.6) is 0 Å². The van der Waals surface area contributed by atoms with Gasteiger partial charge >= 0.3 is 5.82 Å². The largest absolute Gasteiger partial charge is 0.381 e. The van der Waals surface area contributed by atoms with Crippen LogP contribution in [0.25, 0.3) is 0 Å². The van der Waals surface area contributed by atoms with Crippen LogP contribution in [0.15, 0.2) is 30.7 Å². The molecule has 1 amide bonds. The molecule has 0 aliphatic rings. The molecule has 0 aliphatic carbocycles. The van der Waals surface area contributed by atoms with E-state index in [1.54, 1.807) is 12.1 Å². The lowest BCUT2D eigenvalue weighted by Crippen LogP contribution is -2.17. The fourth-order valence-electron chi connectivity index (χ4n) is 1.47. The molecule has 20 heavy (non-hydrogen) atoms. The van der Waals surface area contributed by atoms with Crippen LogP contribution in [0, 0.1) is 10.1 Å². The van der Waals surface area contributed by atoms with E-state index in [9.17, 15) is 14.9 Å². The molecule has 0 spiro atoms. The molecular formula is C11H8Cl2N4O3. The second kappa shape index (κ2) is 5.89. The van der Waals surface area contributed by atoms with Gasteiger partial charge < -0.3 is 20.0 Å². The Morgan fingerprint density at radius 1 is 1.40 bits per heavy atom. The Kier molecular flexibility index (Phi) is 4.21. The average Bonchev–Trinajstić information content (AvgIpc) is 2.82. The van der Waals surface area contributed by atoms with Crippen molar-refractivity contribution in [2.45, 2.75) is 6.54 Å². The van der Waals surface area contributed by atoms with Crippen molar-refractivity contribution in [3.63, 3.8) is 0 Å². The van der Waals surface area contributed by atoms with E-state index in [1.807, 2.05) is 0 Å². The van der Waals surface area contributed by atoms with E-state index >= 15 is 0 Å². The van der Waals surface area contributed by atoms with Crippen molar-refractivity contribution in [2.24, 2.45) is 0 Å². The number of rotatable bonds is 4. The maximum absolute atomic E-state index is 11.8. The van der Waals surface area contributed by atoms with Crippen LogP contribution in [-0.2, 0) is 11.3 Å². The Balaban J connectivity index is 2.01. The zero-order valence-electron chi connectivity index (χ0n) is 9.92. The number of hydrogen-bond donors (Lipinski definition) is 1. The third-order valence-electron chi connectivity index (χ3n) is 2.34. The van der Waals surface area contributed by atoms with Crippen LogP contribution in [0.1, 0.15) is 0 Å². The molecule has 1 aromatic carbocycles. The molecule has 1 aromatic heterocycles. The van der Waals surface area contributed by atoms with Crippen molar-refractivity contribution in [3.05, 3.63) is 50.9 Å². The Hall–Kier alpha value is -2.12. The van der Waals surface area contributed by atoms with E-state index in [4.69, 9.17) is 23.2 Å². The molecule has 0 saturated carbocycles. The van der Waals surface area contributed by atoms with Crippen LogP contribution < -0.4 is 5.32 Å². The number of imidazole rings is 1. The van der Waals surface area contributed by atoms with Crippen molar-refractivity contribution in [1.82, 2.24) is 9.55 Å². The number of halogens is 2. The third kappa shape index (κ3) is 3.46. The standard InChI is InChI=1S/C11H8Cl2N4O3/c12-8-2-1-7(3-9(8)13)15-11(18)5-16-4-10(14-6-16)17(19)20/h1-4,6H,5H2,(H,15,18). The molecule has 1 heterocycles. The highest BCUT2D eigenvalue weighted by Gasteiger charge is 2.12. The quantitative estimate of drug-likeness (QED) is 0.694. The van der Waals surface area contributed by atoms with Gasteiger partial charge in [-0.15, -0.1) is 0 Å². The molecule has 9 heteroatoms. The number of hydrogen-bond acceptors (Lipinski definition) is 4. The Morgan fingerprint density at radius 2 is 2.15 bits per heavy atom. The first-order valence-electron chi connectivity index (χ1n) is 5.37. The number of aromatic nitrogens is 2. The van der Waals surface area contributed by atoms with Gasteiger partial charge in [-0.25, -0.2) is 0 Å². The monoisotopic (exact) mass is 314 g/mol. The fourth-order valence-corrected chi connectivity index (χ4v) is 1.77. The summed E-state index contributed by atoms with van der Waals surface area (Å²) in [6.45, 7) is -0.0961. The molecule has 0 atom stereocenters. The van der Waals surface area contributed by atoms with Gasteiger partial charge in [0.2, 0.25) is 12.2 Å². The smallest absolute Gasteiger partial charge is 0.358 e. The lowest BCUT2D eigenvalue weighted by Gasteiger charge is -2.06. The SMILES string of the molecule is O=C(Cn1cnc([N+](=O)[O-])c1)Nc1ccc(Cl)c(Cl)c1. The molecule has 1 N–H and O–H groups in total. The summed E-state index contributed by atoms with van der Waals surface area (Å²) in [6, 6.07) is 4.67. The lowest BCUT2D eigenvalue weighted by atomic mass is 10.3. The first-order valence-corrected chi connectivity index (χ1v) is 6.12. The number of carbonyl (C=O) groups excluding carboxylic acids is 1. The van der Waals surface area contributed by atoms with Crippen LogP contribution in [0.3, 0.4) is 0 Å². The third-order valence-corrected chi connectivity index (χ3v) is 3.08. The number of nitro groups is 1. The van der Waals surface area contributed by atoms with E-state index in [0.717, 1.165) is 0 Å². The fraction of sp³-hybridized carbons (Fsp3) is 0.0909. The predicted octanol–water partition coefficient (Wildman–Crippen LogP) is 2.74. The highest BCUT2D eigenvalue weighted by atomic mass is 35.5. The summed E-state index contributed by atoms with van der Waals surface area (Å²) in [4.78, 5) is 25.1. The number of nitrogens with zero attached hydrogens (tertiary/aromatic N) is 3. The van der Waals surface area contributed by atoms with Crippen LogP contribution in [-0.4, -0.2) is 20.4 Å². The molecular weight excluding hydrogens is 307 g/mol. The van der Waals surface area contributed by atoms with Crippen LogP contribution >= 0.6 is 23.2 Å². The summed E-state index contributed by atoms with van der Waals surface area (Å²) < 4.78 is 1.31. The van der Waals surface area contributed by atoms with E-state index in [-0.39, 0.29) is 18.3 Å². The first kappa shape index (κ1) is 14.3. The topological polar surface area (TPSA) is 90.1 Å². The summed E-state index contributed by atoms with van der Waals surface area (Å²) >= 11 is 11.6. The van der Waals surface area contributed by atoms with Crippen molar-refractivity contribution in [3.8, 4) is 0 Å². The maximum atomic E-state index is 11.8. The Bertz CT molecular complexity index is 671. The highest BCUT2D eigenvalue weighted by Crippen LogP contribution is 2.24. The number of benzene rings is 1. The van der Waals surface area contributed by atoms with Crippen molar-refractivity contribution in [2.75, 3.05) is 5.32 Å². The minimum Gasteiger partial charge on any atom is -0.358 e. The van der Waals surface area contributed by atoms with Gasteiger partial charge in [0.25, 0.3) is 0 Å². The van der Waals surface area contributed by atoms with E-state index in [1.165, 1.54) is 23.2 Å². The molecule has 104 valence electrons. The summed E-state index contributed by atoms with van der Waals surface area (Å²) in [5.74, 6) is -0.678. The zero-order chi connectivity index (χ0) is 14.7. The minimum atomic E-state index is -0.632. The van der Waals surface area contributed by atoms with Gasteiger partial charge in [0.15, 0.2) is 0 Å². The predicted molar refractivity (Wildman–Crippen MR) is 74.0 cm³/mol. The van der Waals surface area contributed by atoms with Gasteiger partial charge in [-0.3, -0.25) is 4.79 Å². The molecule has 7 nitrogen and oxygen atoms in total. The van der Waals surface area contributed by atoms with E-state index in [2.05, 4.69) is 10.3 Å². The van der Waals surface area contributed by atoms with E-state index < -0.39 is 4.92 Å². The molecule has 2 rings (SSSR count). The van der Waals surface area contributed by atoms with Crippen LogP contribution in [0.4, 0.5) is 11.5 Å². The Morgan fingerprint density at radius 3 is 2.75 bits per heavy atom. The highest BCUT2D eigenvalue weighted by molar-refractivity contribution is 6.42. The summed E-state index contributed by atoms with van der Waals surface area (Å²) in [5, 5.41) is 13.8. The lowest BCUT2D eigenvalue weighted by molar-refractivity contribution is -0.389. The molecule has 0 radical (unpaired) electrons. The number of amides is 1. The molecule has 0 unspecified atom stereocenters. The minimum absolute atomic E-state index is 0.0961. The molecule has 0 fully saturated rings. The summed E-state index contributed by atoms with van der Waals surface area (Å²) in [5.41, 5.74) is 0.485. The molecule has 0 aliphatic heterocycles. The Labute approximate surface area is 123 Å². The van der Waals surface area contributed by atoms with Gasteiger partial charge in [0.1, 0.15) is 12.7 Å². The first-order chi connectivity index (χ1) is 9.45. The van der Waals surface area contributed by atoms with Gasteiger partial charge in [-0.2, -0.15) is 0 Å². The number of nitrogens with one attached hydrogen (secondary N) is 1. The normalized spacial score (nSPS) is 10.3. The molecule has 0 saturated heterocycles. The second-order valence-corrected chi connectivity index (χ2v) is 4.65. The molecule has 2 aromatic rings. The van der Waals surface area contributed by atoms with Crippen molar-refractivity contribution < 1.29 is 9.72 Å². The average molecular weight is 315 g/mol. The maximum Gasteiger partial charge on any atom is 0.381 e. The van der Waals surface area contributed by atoms with Crippen molar-refractivity contribution >= 4 is 40.6 Å². The van der Waals surface area contributed by atoms with Gasteiger partial charge in [0, 0.05) is 5.69 Å². The molecule has 0 bridgehead atoms. The van der Waals surface area contributed by atoms with Gasteiger partial charge in [0.05, 0.1) is 10.0 Å². The van der Waals surface area contributed by atoms with Gasteiger partial charge in [-0.05, 0) is 28.1 Å². The van der Waals surface area contributed by atoms with E-state index in [0.29, 0.717) is 15.7 Å².